The standard InChI is InChI=1S/C31H38F4O/c1-3-5-6-23-11-12-24(29(33)28(23)32)19-36-25-15-13-22(14-16-25)27-18-17-26(30(34)31(27)35)21-9-7-20(4-2)8-10-21/h7-10,17-18,22-25H,3-6,11-16,19H2,1-2H3. The smallest absolute Gasteiger partial charge is 0.166 e. The number of benzene rings is 2. The number of ether oxygens (including phenoxy) is 1. The molecule has 1 nitrogen and oxygen atoms in total. The highest BCUT2D eigenvalue weighted by Gasteiger charge is 2.32. The van der Waals surface area contributed by atoms with E-state index in [4.69, 9.17) is 4.74 Å². The second kappa shape index (κ2) is 12.4. The Kier molecular flexibility index (Phi) is 9.27. The van der Waals surface area contributed by atoms with Crippen molar-refractivity contribution >= 4 is 0 Å². The fourth-order valence-corrected chi connectivity index (χ4v) is 5.74. The molecule has 2 unspecified atom stereocenters. The summed E-state index contributed by atoms with van der Waals surface area (Å²) in [6.45, 7) is 4.29. The molecule has 0 saturated heterocycles. The number of hydrogen-bond donors (Lipinski definition) is 0. The quantitative estimate of drug-likeness (QED) is 0.310. The molecule has 0 bridgehead atoms. The Balaban J connectivity index is 1.32. The summed E-state index contributed by atoms with van der Waals surface area (Å²) in [6.07, 6.45) is 7.48. The van der Waals surface area contributed by atoms with Gasteiger partial charge in [-0.3, -0.25) is 0 Å². The van der Waals surface area contributed by atoms with Gasteiger partial charge in [-0.25, -0.2) is 17.6 Å². The van der Waals surface area contributed by atoms with Gasteiger partial charge in [0.2, 0.25) is 0 Å². The number of hydrogen-bond acceptors (Lipinski definition) is 1. The second-order valence-electron chi connectivity index (χ2n) is 10.5. The van der Waals surface area contributed by atoms with Gasteiger partial charge in [0.05, 0.1) is 12.7 Å². The zero-order valence-electron chi connectivity index (χ0n) is 21.5. The Morgan fingerprint density at radius 1 is 0.750 bits per heavy atom. The third kappa shape index (κ3) is 6.04. The fourth-order valence-electron chi connectivity index (χ4n) is 5.74. The van der Waals surface area contributed by atoms with E-state index in [0.717, 1.165) is 24.8 Å². The van der Waals surface area contributed by atoms with Crippen LogP contribution in [0, 0.1) is 23.5 Å². The van der Waals surface area contributed by atoms with Crippen LogP contribution in [-0.4, -0.2) is 12.7 Å². The summed E-state index contributed by atoms with van der Waals surface area (Å²) in [5.74, 6) is -3.63. The Morgan fingerprint density at radius 2 is 1.42 bits per heavy atom. The van der Waals surface area contributed by atoms with Gasteiger partial charge in [0.1, 0.15) is 11.7 Å². The van der Waals surface area contributed by atoms with E-state index in [9.17, 15) is 13.2 Å². The van der Waals surface area contributed by atoms with Crippen molar-refractivity contribution in [2.24, 2.45) is 11.8 Å². The van der Waals surface area contributed by atoms with Crippen LogP contribution in [-0.2, 0) is 11.2 Å². The number of aryl methyl sites for hydroxylation is 1. The van der Waals surface area contributed by atoms with Crippen LogP contribution < -0.4 is 0 Å². The van der Waals surface area contributed by atoms with Crippen LogP contribution in [0.25, 0.3) is 11.1 Å². The molecule has 1 fully saturated rings. The first-order chi connectivity index (χ1) is 17.4. The summed E-state index contributed by atoms with van der Waals surface area (Å²) in [6, 6.07) is 10.9. The molecule has 36 heavy (non-hydrogen) atoms. The molecule has 4 rings (SSSR count). The van der Waals surface area contributed by atoms with Crippen molar-refractivity contribution in [2.75, 3.05) is 6.61 Å². The number of unbranched alkanes of at least 4 members (excludes halogenated alkanes) is 1. The van der Waals surface area contributed by atoms with Gasteiger partial charge >= 0.3 is 0 Å². The van der Waals surface area contributed by atoms with Crippen molar-refractivity contribution in [3.8, 4) is 11.1 Å². The molecule has 0 N–H and O–H groups in total. The van der Waals surface area contributed by atoms with Gasteiger partial charge < -0.3 is 4.74 Å². The van der Waals surface area contributed by atoms with Crippen molar-refractivity contribution in [3.63, 3.8) is 0 Å². The Bertz CT molecular complexity index is 1040. The van der Waals surface area contributed by atoms with Crippen LogP contribution in [0.5, 0.6) is 0 Å². The number of allylic oxidation sites excluding steroid dienone is 1. The van der Waals surface area contributed by atoms with Crippen LogP contribution in [0.2, 0.25) is 0 Å². The van der Waals surface area contributed by atoms with Crippen LogP contribution in [0.15, 0.2) is 48.1 Å². The molecule has 0 heterocycles. The van der Waals surface area contributed by atoms with Gasteiger partial charge in [-0.2, -0.15) is 0 Å². The second-order valence-corrected chi connectivity index (χ2v) is 10.5. The lowest BCUT2D eigenvalue weighted by Crippen LogP contribution is -2.26. The summed E-state index contributed by atoms with van der Waals surface area (Å²) < 4.78 is 65.1. The molecule has 2 aromatic rings. The first-order valence-corrected chi connectivity index (χ1v) is 13.7. The van der Waals surface area contributed by atoms with Crippen LogP contribution in [0.4, 0.5) is 17.6 Å². The molecule has 0 spiro atoms. The van der Waals surface area contributed by atoms with E-state index in [0.29, 0.717) is 56.1 Å². The lowest BCUT2D eigenvalue weighted by Gasteiger charge is -2.31. The fraction of sp³-hybridized carbons (Fsp3) is 0.548. The largest absolute Gasteiger partial charge is 0.377 e. The predicted molar refractivity (Wildman–Crippen MR) is 137 cm³/mol. The van der Waals surface area contributed by atoms with Gasteiger partial charge in [0.15, 0.2) is 11.6 Å². The topological polar surface area (TPSA) is 9.23 Å². The predicted octanol–water partition coefficient (Wildman–Crippen LogP) is 9.60. The summed E-state index contributed by atoms with van der Waals surface area (Å²) >= 11 is 0. The molecule has 0 aromatic heterocycles. The molecule has 0 aliphatic heterocycles. The molecule has 196 valence electrons. The molecule has 0 radical (unpaired) electrons. The highest BCUT2D eigenvalue weighted by atomic mass is 19.2. The van der Waals surface area contributed by atoms with Gasteiger partial charge in [-0.05, 0) is 74.0 Å². The van der Waals surface area contributed by atoms with Crippen molar-refractivity contribution in [2.45, 2.75) is 90.1 Å². The highest BCUT2D eigenvalue weighted by Crippen LogP contribution is 2.41. The van der Waals surface area contributed by atoms with Gasteiger partial charge in [-0.1, -0.05) is 63.1 Å². The summed E-state index contributed by atoms with van der Waals surface area (Å²) in [5.41, 5.74) is 2.52. The van der Waals surface area contributed by atoms with Crippen molar-refractivity contribution < 1.29 is 22.3 Å². The molecular weight excluding hydrogens is 464 g/mol. The highest BCUT2D eigenvalue weighted by molar-refractivity contribution is 5.65. The average Bonchev–Trinajstić information content (AvgIpc) is 2.91. The zero-order chi connectivity index (χ0) is 25.7. The summed E-state index contributed by atoms with van der Waals surface area (Å²) in [7, 11) is 0. The monoisotopic (exact) mass is 502 g/mol. The lowest BCUT2D eigenvalue weighted by molar-refractivity contribution is 0.00189. The molecule has 2 aliphatic rings. The maximum Gasteiger partial charge on any atom is 0.166 e. The maximum atomic E-state index is 15.1. The van der Waals surface area contributed by atoms with Gasteiger partial charge in [-0.15, -0.1) is 0 Å². The molecule has 5 heteroatoms. The normalized spacial score (nSPS) is 24.8. The molecule has 2 aliphatic carbocycles. The molecule has 0 amide bonds. The summed E-state index contributed by atoms with van der Waals surface area (Å²) in [5, 5.41) is 0. The molecule has 2 aromatic carbocycles. The van der Waals surface area contributed by atoms with E-state index in [-0.39, 0.29) is 30.1 Å². The van der Waals surface area contributed by atoms with Gasteiger partial charge in [0, 0.05) is 17.4 Å². The van der Waals surface area contributed by atoms with E-state index in [1.807, 2.05) is 24.3 Å². The van der Waals surface area contributed by atoms with E-state index in [1.165, 1.54) is 0 Å². The minimum absolute atomic E-state index is 0.0563. The first kappa shape index (κ1) is 26.9. The number of halogens is 4. The Labute approximate surface area is 212 Å². The minimum atomic E-state index is -0.797. The van der Waals surface area contributed by atoms with E-state index < -0.39 is 29.2 Å². The van der Waals surface area contributed by atoms with Crippen molar-refractivity contribution in [1.82, 2.24) is 0 Å². The third-order valence-electron chi connectivity index (χ3n) is 8.15. The van der Waals surface area contributed by atoms with Crippen molar-refractivity contribution in [1.29, 1.82) is 0 Å². The van der Waals surface area contributed by atoms with E-state index >= 15 is 4.39 Å². The lowest BCUT2D eigenvalue weighted by atomic mass is 9.81. The number of rotatable bonds is 9. The van der Waals surface area contributed by atoms with Crippen LogP contribution in [0.1, 0.15) is 88.7 Å². The molecule has 1 saturated carbocycles. The first-order valence-electron chi connectivity index (χ1n) is 13.7. The van der Waals surface area contributed by atoms with E-state index in [1.54, 1.807) is 12.1 Å². The Hall–Kier alpha value is -2.14. The zero-order valence-corrected chi connectivity index (χ0v) is 21.5. The Morgan fingerprint density at radius 3 is 2.08 bits per heavy atom. The van der Waals surface area contributed by atoms with E-state index in [2.05, 4.69) is 13.8 Å². The maximum absolute atomic E-state index is 15.1. The average molecular weight is 503 g/mol. The third-order valence-corrected chi connectivity index (χ3v) is 8.15. The van der Waals surface area contributed by atoms with Crippen LogP contribution in [0.3, 0.4) is 0 Å². The molecular formula is C31H38F4O. The minimum Gasteiger partial charge on any atom is -0.377 e. The van der Waals surface area contributed by atoms with Gasteiger partial charge in [0.25, 0.3) is 0 Å². The van der Waals surface area contributed by atoms with Crippen LogP contribution >= 0.6 is 0 Å². The molecule has 2 atom stereocenters. The SMILES string of the molecule is CCCCC1CCC(COC2CCC(c3ccc(-c4ccc(CC)cc4)c(F)c3F)CC2)C(F)=C1F. The van der Waals surface area contributed by atoms with Crippen molar-refractivity contribution in [3.05, 3.63) is 70.8 Å². The summed E-state index contributed by atoms with van der Waals surface area (Å²) in [4.78, 5) is 0.